The summed E-state index contributed by atoms with van der Waals surface area (Å²) >= 11 is 5.62. The number of hydrogen-bond donors (Lipinski definition) is 1. The lowest BCUT2D eigenvalue weighted by Crippen LogP contribution is -2.40. The number of hydrogen-bond acceptors (Lipinski definition) is 3. The summed E-state index contributed by atoms with van der Waals surface area (Å²) < 4.78 is 11.4. The molecule has 0 aliphatic carbocycles. The Hall–Kier alpha value is -1.45. The van der Waals surface area contributed by atoms with E-state index in [4.69, 9.17) is 21.1 Å². The van der Waals surface area contributed by atoms with Crippen LogP contribution in [-0.4, -0.2) is 29.8 Å². The molecule has 0 saturated heterocycles. The Labute approximate surface area is 110 Å². The Morgan fingerprint density at radius 2 is 1.89 bits per heavy atom. The van der Waals surface area contributed by atoms with Crippen molar-refractivity contribution in [3.63, 3.8) is 0 Å². The molecule has 1 aliphatic heterocycles. The molecule has 0 fully saturated rings. The molecule has 1 aliphatic rings. The van der Waals surface area contributed by atoms with Crippen molar-refractivity contribution in [1.29, 1.82) is 0 Å². The van der Waals surface area contributed by atoms with Gasteiger partial charge in [-0.05, 0) is 22.9 Å². The number of aliphatic hydroxyl groups is 1. The minimum atomic E-state index is -0.716. The smallest absolute Gasteiger partial charge is 0.162 e. The fourth-order valence-electron chi connectivity index (χ4n) is 2.06. The summed E-state index contributed by atoms with van der Waals surface area (Å²) in [6, 6.07) is 11.9. The molecule has 1 heterocycles. The quantitative estimate of drug-likeness (QED) is 0.848. The molecule has 4 heteroatoms. The minimum absolute atomic E-state index is 0.136. The first-order valence-electron chi connectivity index (χ1n) is 5.84. The molecule has 3 nitrogen and oxygen atoms in total. The van der Waals surface area contributed by atoms with E-state index in [0.717, 1.165) is 10.8 Å². The highest BCUT2D eigenvalue weighted by molar-refractivity contribution is 6.18. The van der Waals surface area contributed by atoms with Gasteiger partial charge in [-0.2, -0.15) is 0 Å². The van der Waals surface area contributed by atoms with Crippen molar-refractivity contribution in [2.75, 3.05) is 12.5 Å². The van der Waals surface area contributed by atoms with Crippen molar-refractivity contribution < 1.29 is 14.6 Å². The summed E-state index contributed by atoms with van der Waals surface area (Å²) in [4.78, 5) is 0. The van der Waals surface area contributed by atoms with Gasteiger partial charge in [-0.3, -0.25) is 0 Å². The van der Waals surface area contributed by atoms with Gasteiger partial charge in [-0.25, -0.2) is 0 Å². The lowest BCUT2D eigenvalue weighted by molar-refractivity contribution is 0.00104. The normalized spacial score (nSPS) is 19.8. The van der Waals surface area contributed by atoms with Crippen LogP contribution in [-0.2, 0) is 0 Å². The van der Waals surface area contributed by atoms with Gasteiger partial charge in [0.15, 0.2) is 17.6 Å². The van der Waals surface area contributed by atoms with Gasteiger partial charge in [0, 0.05) is 0 Å². The zero-order valence-corrected chi connectivity index (χ0v) is 10.4. The van der Waals surface area contributed by atoms with Gasteiger partial charge in [-0.1, -0.05) is 24.3 Å². The van der Waals surface area contributed by atoms with E-state index in [1.54, 1.807) is 0 Å². The molecule has 3 rings (SSSR count). The van der Waals surface area contributed by atoms with Crippen molar-refractivity contribution in [3.8, 4) is 11.5 Å². The third-order valence-corrected chi connectivity index (χ3v) is 3.40. The maximum atomic E-state index is 9.68. The van der Waals surface area contributed by atoms with Crippen molar-refractivity contribution >= 4 is 22.4 Å². The fraction of sp³-hybridized carbons (Fsp3) is 0.286. The molecule has 18 heavy (non-hydrogen) atoms. The average molecular weight is 265 g/mol. The summed E-state index contributed by atoms with van der Waals surface area (Å²) in [5, 5.41) is 11.9. The molecule has 0 saturated carbocycles. The largest absolute Gasteiger partial charge is 0.486 e. The summed E-state index contributed by atoms with van der Waals surface area (Å²) in [5.41, 5.74) is 0. The van der Waals surface area contributed by atoms with Gasteiger partial charge >= 0.3 is 0 Å². The highest BCUT2D eigenvalue weighted by Crippen LogP contribution is 2.36. The topological polar surface area (TPSA) is 38.7 Å². The SMILES string of the molecule is OC(CCl)C1COc2cc3ccccc3cc2O1. The predicted molar refractivity (Wildman–Crippen MR) is 70.6 cm³/mol. The molecule has 2 aromatic carbocycles. The number of benzene rings is 2. The van der Waals surface area contributed by atoms with Crippen molar-refractivity contribution in [1.82, 2.24) is 0 Å². The molecule has 2 aromatic rings. The van der Waals surface area contributed by atoms with E-state index in [-0.39, 0.29) is 5.88 Å². The molecule has 1 N–H and O–H groups in total. The van der Waals surface area contributed by atoms with Gasteiger partial charge in [0.25, 0.3) is 0 Å². The van der Waals surface area contributed by atoms with Crippen LogP contribution in [0.15, 0.2) is 36.4 Å². The first-order chi connectivity index (χ1) is 8.78. The third-order valence-electron chi connectivity index (χ3n) is 3.08. The maximum absolute atomic E-state index is 9.68. The lowest BCUT2D eigenvalue weighted by Gasteiger charge is -2.29. The first-order valence-corrected chi connectivity index (χ1v) is 6.37. The van der Waals surface area contributed by atoms with E-state index in [0.29, 0.717) is 18.1 Å². The molecule has 0 spiro atoms. The molecule has 94 valence electrons. The molecular weight excluding hydrogens is 252 g/mol. The summed E-state index contributed by atoms with van der Waals surface area (Å²) in [5.74, 6) is 1.51. The van der Waals surface area contributed by atoms with E-state index >= 15 is 0 Å². The van der Waals surface area contributed by atoms with Crippen molar-refractivity contribution in [2.24, 2.45) is 0 Å². The molecule has 2 atom stereocenters. The summed E-state index contributed by atoms with van der Waals surface area (Å²) in [6.07, 6.45) is -1.12. The molecule has 0 bridgehead atoms. The molecule has 0 radical (unpaired) electrons. The Morgan fingerprint density at radius 3 is 2.56 bits per heavy atom. The number of alkyl halides is 1. The number of aliphatic hydroxyl groups excluding tert-OH is 1. The van der Waals surface area contributed by atoms with Crippen molar-refractivity contribution in [2.45, 2.75) is 12.2 Å². The Bertz CT molecular complexity index is 570. The molecule has 0 amide bonds. The van der Waals surface area contributed by atoms with E-state index in [1.165, 1.54) is 0 Å². The highest BCUT2D eigenvalue weighted by atomic mass is 35.5. The van der Waals surface area contributed by atoms with Gasteiger partial charge in [0.2, 0.25) is 0 Å². The fourth-order valence-corrected chi connectivity index (χ4v) is 2.26. The Morgan fingerprint density at radius 1 is 1.22 bits per heavy atom. The van der Waals surface area contributed by atoms with Gasteiger partial charge < -0.3 is 14.6 Å². The van der Waals surface area contributed by atoms with Crippen LogP contribution >= 0.6 is 11.6 Å². The van der Waals surface area contributed by atoms with E-state index in [9.17, 15) is 5.11 Å². The first kappa shape index (κ1) is 11.6. The standard InChI is InChI=1S/C14H13ClO3/c15-7-11(16)14-8-17-12-5-9-3-1-2-4-10(9)6-13(12)18-14/h1-6,11,14,16H,7-8H2. The van der Waals surface area contributed by atoms with Crippen LogP contribution in [0.1, 0.15) is 0 Å². The molecule has 0 aromatic heterocycles. The van der Waals surface area contributed by atoms with Crippen LogP contribution < -0.4 is 9.47 Å². The van der Waals surface area contributed by atoms with E-state index in [2.05, 4.69) is 0 Å². The van der Waals surface area contributed by atoms with Gasteiger partial charge in [0.05, 0.1) is 5.88 Å². The van der Waals surface area contributed by atoms with Gasteiger partial charge in [0.1, 0.15) is 12.7 Å². The van der Waals surface area contributed by atoms with E-state index < -0.39 is 12.2 Å². The predicted octanol–water partition coefficient (Wildman–Crippen LogP) is 2.58. The van der Waals surface area contributed by atoms with Gasteiger partial charge in [-0.15, -0.1) is 11.6 Å². The Balaban J connectivity index is 1.98. The van der Waals surface area contributed by atoms with Crippen molar-refractivity contribution in [3.05, 3.63) is 36.4 Å². The molecular formula is C14H13ClO3. The number of ether oxygens (including phenoxy) is 2. The second kappa shape index (κ2) is 4.67. The molecule has 2 unspecified atom stereocenters. The number of halogens is 1. The maximum Gasteiger partial charge on any atom is 0.162 e. The minimum Gasteiger partial charge on any atom is -0.486 e. The van der Waals surface area contributed by atoms with Crippen LogP contribution in [0.5, 0.6) is 11.5 Å². The van der Waals surface area contributed by atoms with E-state index in [1.807, 2.05) is 36.4 Å². The summed E-state index contributed by atoms with van der Waals surface area (Å²) in [6.45, 7) is 0.319. The lowest BCUT2D eigenvalue weighted by atomic mass is 10.1. The average Bonchev–Trinajstić information content (AvgIpc) is 2.43. The Kier molecular flexibility index (Phi) is 3.02. The number of rotatable bonds is 2. The second-order valence-corrected chi connectivity index (χ2v) is 4.64. The van der Waals surface area contributed by atoms with Crippen LogP contribution in [0.2, 0.25) is 0 Å². The highest BCUT2D eigenvalue weighted by Gasteiger charge is 2.27. The van der Waals surface area contributed by atoms with Crippen LogP contribution in [0.4, 0.5) is 0 Å². The summed E-state index contributed by atoms with van der Waals surface area (Å²) in [7, 11) is 0. The third kappa shape index (κ3) is 2.00. The zero-order valence-electron chi connectivity index (χ0n) is 9.67. The van der Waals surface area contributed by atoms with Crippen LogP contribution in [0.3, 0.4) is 0 Å². The van der Waals surface area contributed by atoms with Crippen LogP contribution in [0.25, 0.3) is 10.8 Å². The zero-order chi connectivity index (χ0) is 12.5. The second-order valence-electron chi connectivity index (χ2n) is 4.34. The van der Waals surface area contributed by atoms with Crippen LogP contribution in [0, 0.1) is 0 Å². The number of fused-ring (bicyclic) bond motifs is 2. The monoisotopic (exact) mass is 264 g/mol.